The van der Waals surface area contributed by atoms with Crippen molar-refractivity contribution in [3.8, 4) is 5.75 Å². The fourth-order valence-electron chi connectivity index (χ4n) is 3.85. The van der Waals surface area contributed by atoms with Crippen molar-refractivity contribution in [3.05, 3.63) is 24.0 Å². The van der Waals surface area contributed by atoms with E-state index in [1.54, 1.807) is 36.0 Å². The molecule has 8 nitrogen and oxygen atoms in total. The van der Waals surface area contributed by atoms with E-state index in [0.29, 0.717) is 29.9 Å². The van der Waals surface area contributed by atoms with Crippen molar-refractivity contribution in [2.75, 3.05) is 33.7 Å². The zero-order valence-corrected chi connectivity index (χ0v) is 17.6. The number of para-hydroxylation sites is 1. The highest BCUT2D eigenvalue weighted by Gasteiger charge is 2.27. The van der Waals surface area contributed by atoms with Gasteiger partial charge in [-0.05, 0) is 31.5 Å². The Bertz CT molecular complexity index is 1120. The maximum Gasteiger partial charge on any atom is 0.387 e. The summed E-state index contributed by atoms with van der Waals surface area (Å²) in [5, 5.41) is 5.05. The van der Waals surface area contributed by atoms with Crippen LogP contribution >= 0.6 is 0 Å². The Kier molecular flexibility index (Phi) is 6.40. The molecule has 3 aromatic rings. The summed E-state index contributed by atoms with van der Waals surface area (Å²) in [7, 11) is 3.55. The topological polar surface area (TPSA) is 71.2 Å². The first-order valence-corrected chi connectivity index (χ1v) is 10.2. The van der Waals surface area contributed by atoms with Crippen LogP contribution in [-0.4, -0.2) is 82.5 Å². The molecule has 1 fully saturated rings. The second kappa shape index (κ2) is 9.23. The molecule has 0 spiro atoms. The monoisotopic (exact) mass is 453 g/mol. The van der Waals surface area contributed by atoms with Gasteiger partial charge in [-0.1, -0.05) is 6.07 Å². The molecule has 12 heteroatoms. The van der Waals surface area contributed by atoms with E-state index < -0.39 is 13.0 Å². The van der Waals surface area contributed by atoms with Gasteiger partial charge < -0.3 is 9.64 Å². The van der Waals surface area contributed by atoms with Gasteiger partial charge in [0.05, 0.1) is 12.9 Å². The van der Waals surface area contributed by atoms with Gasteiger partial charge in [0.2, 0.25) is 0 Å². The number of benzene rings is 1. The van der Waals surface area contributed by atoms with Crippen LogP contribution in [0.3, 0.4) is 0 Å². The third kappa shape index (κ3) is 4.74. The fourth-order valence-corrected chi connectivity index (χ4v) is 3.85. The zero-order valence-electron chi connectivity index (χ0n) is 17.6. The average molecular weight is 453 g/mol. The Hall–Kier alpha value is -3.02. The first kappa shape index (κ1) is 22.2. The molecule has 32 heavy (non-hydrogen) atoms. The summed E-state index contributed by atoms with van der Waals surface area (Å²) in [6.07, 6.45) is 0.620. The summed E-state index contributed by atoms with van der Waals surface area (Å²) < 4.78 is 57.6. The number of aromatic nitrogens is 4. The van der Waals surface area contributed by atoms with Crippen molar-refractivity contribution >= 4 is 28.8 Å². The quantitative estimate of drug-likeness (QED) is 0.310. The van der Waals surface area contributed by atoms with E-state index in [1.807, 2.05) is 0 Å². The van der Waals surface area contributed by atoms with Gasteiger partial charge in [-0.3, -0.25) is 4.90 Å². The van der Waals surface area contributed by atoms with Crippen LogP contribution in [0.2, 0.25) is 0 Å². The van der Waals surface area contributed by atoms with Crippen LogP contribution in [0.1, 0.15) is 24.6 Å². The lowest BCUT2D eigenvalue weighted by atomic mass is 9.97. The number of likely N-dealkylation sites (tertiary alicyclic amines) is 1. The number of ether oxygens (including phenoxy) is 1. The van der Waals surface area contributed by atoms with Crippen LogP contribution in [-0.2, 0) is 0 Å². The molecule has 0 saturated carbocycles. The lowest BCUT2D eigenvalue weighted by Crippen LogP contribution is -2.37. The van der Waals surface area contributed by atoms with Crippen molar-refractivity contribution in [1.82, 2.24) is 29.4 Å². The second-order valence-electron chi connectivity index (χ2n) is 7.85. The van der Waals surface area contributed by atoms with Crippen molar-refractivity contribution in [1.29, 1.82) is 0 Å². The van der Waals surface area contributed by atoms with Crippen LogP contribution in [0.15, 0.2) is 23.2 Å². The Morgan fingerprint density at radius 1 is 1.25 bits per heavy atom. The molecule has 0 N–H and O–H groups in total. The smallest absolute Gasteiger partial charge is 0.387 e. The molecule has 1 atom stereocenters. The summed E-state index contributed by atoms with van der Waals surface area (Å²) in [5.41, 5.74) is 0.578. The number of aliphatic imine (C=N–C) groups is 1. The van der Waals surface area contributed by atoms with E-state index in [-0.39, 0.29) is 29.7 Å². The molecule has 0 amide bonds. The molecule has 1 aromatic carbocycles. The summed E-state index contributed by atoms with van der Waals surface area (Å²) in [6.45, 7) is -2.28. The minimum Gasteiger partial charge on any atom is -0.432 e. The van der Waals surface area contributed by atoms with E-state index in [2.05, 4.69) is 24.8 Å². The first-order chi connectivity index (χ1) is 15.3. The minimum atomic E-state index is -3.01. The van der Waals surface area contributed by atoms with Gasteiger partial charge >= 0.3 is 6.61 Å². The molecule has 0 aliphatic carbocycles. The zero-order chi connectivity index (χ0) is 22.8. The number of hydrogen-bond donors (Lipinski definition) is 0. The van der Waals surface area contributed by atoms with E-state index in [4.69, 9.17) is 0 Å². The molecular weight excluding hydrogens is 430 g/mol. The van der Waals surface area contributed by atoms with Crippen LogP contribution in [0.25, 0.3) is 16.6 Å². The highest BCUT2D eigenvalue weighted by atomic mass is 19.3. The average Bonchev–Trinajstić information content (AvgIpc) is 3.18. The van der Waals surface area contributed by atoms with Crippen molar-refractivity contribution in [3.63, 3.8) is 0 Å². The Balaban J connectivity index is 1.82. The summed E-state index contributed by atoms with van der Waals surface area (Å²) in [5.74, 6) is 0.403. The minimum absolute atomic E-state index is 0.0911. The number of piperidine rings is 1. The van der Waals surface area contributed by atoms with Gasteiger partial charge in [0.1, 0.15) is 5.52 Å². The molecular formula is C20H23F4N7O. The van der Waals surface area contributed by atoms with Gasteiger partial charge in [-0.15, -0.1) is 5.10 Å². The van der Waals surface area contributed by atoms with Crippen molar-refractivity contribution in [2.45, 2.75) is 31.8 Å². The van der Waals surface area contributed by atoms with Crippen molar-refractivity contribution < 1.29 is 22.3 Å². The van der Waals surface area contributed by atoms with E-state index >= 15 is 0 Å². The molecule has 0 radical (unpaired) electrons. The molecule has 0 unspecified atom stereocenters. The molecule has 4 rings (SSSR count). The lowest BCUT2D eigenvalue weighted by Gasteiger charge is -2.30. The molecule has 0 bridgehead atoms. The molecule has 1 aliphatic rings. The fraction of sp³-hybridized carbons (Fsp3) is 0.500. The van der Waals surface area contributed by atoms with Crippen LogP contribution < -0.4 is 4.74 Å². The first-order valence-electron chi connectivity index (χ1n) is 10.2. The molecule has 1 saturated heterocycles. The third-order valence-electron chi connectivity index (χ3n) is 5.15. The van der Waals surface area contributed by atoms with E-state index in [1.165, 1.54) is 16.9 Å². The highest BCUT2D eigenvalue weighted by Crippen LogP contribution is 2.32. The number of fused-ring (bicyclic) bond motifs is 3. The normalized spacial score (nSPS) is 17.9. The number of halogens is 4. The highest BCUT2D eigenvalue weighted by molar-refractivity contribution is 5.95. The Labute approximate surface area is 181 Å². The van der Waals surface area contributed by atoms with Gasteiger partial charge in [-0.25, -0.2) is 23.7 Å². The summed E-state index contributed by atoms with van der Waals surface area (Å²) in [6, 6.07) is 4.67. The summed E-state index contributed by atoms with van der Waals surface area (Å²) >= 11 is 0. The molecule has 172 valence electrons. The summed E-state index contributed by atoms with van der Waals surface area (Å²) in [4.78, 5) is 16.8. The van der Waals surface area contributed by atoms with E-state index in [9.17, 15) is 17.6 Å². The van der Waals surface area contributed by atoms with Gasteiger partial charge in [0.25, 0.3) is 12.4 Å². The van der Waals surface area contributed by atoms with Crippen molar-refractivity contribution in [2.24, 2.45) is 4.99 Å². The second-order valence-corrected chi connectivity index (χ2v) is 7.85. The van der Waals surface area contributed by atoms with Crippen LogP contribution in [0.4, 0.5) is 23.5 Å². The molecule has 2 aromatic heterocycles. The standard InChI is InChI=1S/C20H23F4N7O/c1-29(2)11-25-20-26-16-13(6-3-7-14(16)32-19(23)24)18-27-17(28-31(18)20)12-5-4-8-30(9-12)10-15(21)22/h3,6-7,11-12,15,19H,4-5,8-10H2,1-2H3/t12-/m1/s1. The largest absolute Gasteiger partial charge is 0.432 e. The SMILES string of the molecule is CN(C)C=Nc1nc2c(OC(F)F)cccc2c2nc([C@@H]3CCCN(CC(F)F)C3)nn12. The molecule has 1 aliphatic heterocycles. The van der Waals surface area contributed by atoms with Gasteiger partial charge in [0.15, 0.2) is 17.2 Å². The number of alkyl halides is 4. The van der Waals surface area contributed by atoms with Gasteiger partial charge in [-0.2, -0.15) is 13.3 Å². The predicted octanol–water partition coefficient (Wildman–Crippen LogP) is 3.54. The molecule has 3 heterocycles. The Morgan fingerprint density at radius 3 is 2.78 bits per heavy atom. The lowest BCUT2D eigenvalue weighted by molar-refractivity contribution is -0.0489. The number of nitrogens with zero attached hydrogens (tertiary/aromatic N) is 7. The maximum absolute atomic E-state index is 12.9. The Morgan fingerprint density at radius 2 is 2.06 bits per heavy atom. The maximum atomic E-state index is 12.9. The van der Waals surface area contributed by atoms with Crippen LogP contribution in [0.5, 0.6) is 5.75 Å². The number of hydrogen-bond acceptors (Lipinski definition) is 6. The predicted molar refractivity (Wildman–Crippen MR) is 111 cm³/mol. The third-order valence-corrected chi connectivity index (χ3v) is 5.15. The number of rotatable bonds is 7. The van der Waals surface area contributed by atoms with Crippen LogP contribution in [0, 0.1) is 0 Å². The van der Waals surface area contributed by atoms with E-state index in [0.717, 1.165) is 12.8 Å². The van der Waals surface area contributed by atoms with Gasteiger partial charge in [0, 0.05) is 31.9 Å².